The molecule has 3 N–H and O–H groups in total. The molecule has 146 valence electrons. The molecule has 0 bridgehead atoms. The number of rotatable bonds is 6. The number of carbonyl (C=O) groups excluding carboxylic acids is 1. The van der Waals surface area contributed by atoms with Crippen LogP contribution in [0.25, 0.3) is 22.2 Å². The maximum absolute atomic E-state index is 12.8. The fourth-order valence-electron chi connectivity index (χ4n) is 3.03. The molecular weight excluding hydrogens is 366 g/mol. The number of nitrogens with two attached hydrogens (primary N) is 1. The molecule has 29 heavy (non-hydrogen) atoms. The third kappa shape index (κ3) is 3.64. The highest BCUT2D eigenvalue weighted by molar-refractivity contribution is 6.10. The summed E-state index contributed by atoms with van der Waals surface area (Å²) in [4.78, 5) is 26.2. The number of hydrogen-bond acceptors (Lipinski definition) is 6. The molecule has 0 atom stereocenters. The standard InChI is InChI=1S/C21H21N7O/c1-2-3-10-24-21(29)17-18-20(27-16-7-5-4-6-15(16)26-18)28(19(17)22)25-13-14-8-11-23-12-9-14/h4-9,11-13H,2-3,10,22H2,1H3,(H,24,29). The van der Waals surface area contributed by atoms with Crippen molar-refractivity contribution in [3.8, 4) is 0 Å². The number of benzene rings is 1. The van der Waals surface area contributed by atoms with Crippen molar-refractivity contribution < 1.29 is 4.79 Å². The minimum atomic E-state index is -0.275. The summed E-state index contributed by atoms with van der Waals surface area (Å²) < 4.78 is 1.46. The van der Waals surface area contributed by atoms with Gasteiger partial charge in [0.15, 0.2) is 5.65 Å². The Hall–Kier alpha value is -3.81. The van der Waals surface area contributed by atoms with Gasteiger partial charge in [-0.2, -0.15) is 9.78 Å². The highest BCUT2D eigenvalue weighted by atomic mass is 16.1. The van der Waals surface area contributed by atoms with Gasteiger partial charge < -0.3 is 11.1 Å². The number of unbranched alkanes of at least 4 members (excludes halogenated alkanes) is 1. The van der Waals surface area contributed by atoms with E-state index in [0.29, 0.717) is 34.3 Å². The third-order valence-electron chi connectivity index (χ3n) is 4.55. The van der Waals surface area contributed by atoms with E-state index < -0.39 is 0 Å². The highest BCUT2D eigenvalue weighted by Gasteiger charge is 2.23. The Morgan fingerprint density at radius 1 is 1.17 bits per heavy atom. The molecule has 0 saturated carbocycles. The van der Waals surface area contributed by atoms with Crippen LogP contribution in [-0.4, -0.2) is 38.3 Å². The molecule has 1 aromatic carbocycles. The zero-order chi connectivity index (χ0) is 20.2. The van der Waals surface area contributed by atoms with E-state index in [-0.39, 0.29) is 11.7 Å². The Kier molecular flexibility index (Phi) is 5.15. The van der Waals surface area contributed by atoms with Crippen molar-refractivity contribution in [3.63, 3.8) is 0 Å². The van der Waals surface area contributed by atoms with Crippen LogP contribution in [0.1, 0.15) is 35.7 Å². The van der Waals surface area contributed by atoms with E-state index in [4.69, 9.17) is 5.73 Å². The van der Waals surface area contributed by atoms with Crippen molar-refractivity contribution in [1.82, 2.24) is 24.9 Å². The number of fused-ring (bicyclic) bond motifs is 2. The molecule has 0 spiro atoms. The second-order valence-electron chi connectivity index (χ2n) is 6.59. The lowest BCUT2D eigenvalue weighted by Crippen LogP contribution is -2.25. The van der Waals surface area contributed by atoms with Crippen LogP contribution in [0.4, 0.5) is 5.82 Å². The first-order valence-electron chi connectivity index (χ1n) is 9.48. The summed E-state index contributed by atoms with van der Waals surface area (Å²) in [7, 11) is 0. The van der Waals surface area contributed by atoms with E-state index in [1.54, 1.807) is 18.6 Å². The summed E-state index contributed by atoms with van der Waals surface area (Å²) in [6.45, 7) is 2.64. The molecule has 0 aliphatic carbocycles. The van der Waals surface area contributed by atoms with Gasteiger partial charge in [-0.25, -0.2) is 9.97 Å². The molecule has 0 aliphatic rings. The number of nitrogen functional groups attached to an aromatic ring is 1. The van der Waals surface area contributed by atoms with Crippen molar-refractivity contribution in [2.75, 3.05) is 12.3 Å². The second-order valence-corrected chi connectivity index (χ2v) is 6.59. The van der Waals surface area contributed by atoms with Crippen LogP contribution >= 0.6 is 0 Å². The minimum absolute atomic E-state index is 0.203. The maximum atomic E-state index is 12.8. The molecule has 0 saturated heterocycles. The summed E-state index contributed by atoms with van der Waals surface area (Å²) in [5.74, 6) is -0.0713. The lowest BCUT2D eigenvalue weighted by Gasteiger charge is -2.04. The summed E-state index contributed by atoms with van der Waals surface area (Å²) in [5, 5.41) is 7.37. The summed E-state index contributed by atoms with van der Waals surface area (Å²) in [6.07, 6.45) is 6.88. The Labute approximate surface area is 167 Å². The van der Waals surface area contributed by atoms with Gasteiger partial charge in [0.1, 0.15) is 16.9 Å². The van der Waals surface area contributed by atoms with Gasteiger partial charge in [0, 0.05) is 18.9 Å². The number of anilines is 1. The second kappa shape index (κ2) is 8.05. The van der Waals surface area contributed by atoms with Crippen molar-refractivity contribution >= 4 is 40.1 Å². The van der Waals surface area contributed by atoms with Crippen LogP contribution < -0.4 is 11.1 Å². The van der Waals surface area contributed by atoms with Crippen molar-refractivity contribution in [2.45, 2.75) is 19.8 Å². The molecule has 8 nitrogen and oxygen atoms in total. The summed E-state index contributed by atoms with van der Waals surface area (Å²) in [6, 6.07) is 11.1. The van der Waals surface area contributed by atoms with Crippen LogP contribution in [0.5, 0.6) is 0 Å². The van der Waals surface area contributed by atoms with E-state index >= 15 is 0 Å². The molecule has 0 radical (unpaired) electrons. The van der Waals surface area contributed by atoms with Crippen LogP contribution in [0.3, 0.4) is 0 Å². The first-order valence-corrected chi connectivity index (χ1v) is 9.48. The van der Waals surface area contributed by atoms with Gasteiger partial charge in [0.25, 0.3) is 5.91 Å². The predicted octanol–water partition coefficient (Wildman–Crippen LogP) is 2.97. The smallest absolute Gasteiger partial charge is 0.257 e. The number of pyridine rings is 1. The Bertz CT molecular complexity index is 1200. The number of hydrogen-bond donors (Lipinski definition) is 2. The summed E-state index contributed by atoms with van der Waals surface area (Å²) in [5.41, 5.74) is 9.75. The summed E-state index contributed by atoms with van der Waals surface area (Å²) >= 11 is 0. The van der Waals surface area contributed by atoms with E-state index in [2.05, 4.69) is 32.3 Å². The van der Waals surface area contributed by atoms with Gasteiger partial charge in [-0.05, 0) is 36.2 Å². The Morgan fingerprint density at radius 2 is 1.90 bits per heavy atom. The molecule has 1 amide bonds. The normalized spacial score (nSPS) is 11.5. The van der Waals surface area contributed by atoms with Gasteiger partial charge in [0.05, 0.1) is 17.2 Å². The fourth-order valence-corrected chi connectivity index (χ4v) is 3.03. The monoisotopic (exact) mass is 387 g/mol. The quantitative estimate of drug-likeness (QED) is 0.390. The van der Waals surface area contributed by atoms with Gasteiger partial charge in [0.2, 0.25) is 0 Å². The van der Waals surface area contributed by atoms with Crippen LogP contribution in [0.15, 0.2) is 53.9 Å². The SMILES string of the molecule is CCCCNC(=O)c1c(N)n(N=Cc2ccncc2)c2nc3ccccc3nc12. The zero-order valence-corrected chi connectivity index (χ0v) is 16.0. The van der Waals surface area contributed by atoms with Crippen molar-refractivity contribution in [2.24, 2.45) is 5.10 Å². The first kappa shape index (κ1) is 18.5. The number of para-hydroxylation sites is 2. The van der Waals surface area contributed by atoms with Crippen molar-refractivity contribution in [1.29, 1.82) is 0 Å². The molecule has 3 aromatic heterocycles. The Balaban J connectivity index is 1.87. The fraction of sp³-hybridized carbons (Fsp3) is 0.190. The van der Waals surface area contributed by atoms with E-state index in [1.807, 2.05) is 36.4 Å². The highest BCUT2D eigenvalue weighted by Crippen LogP contribution is 2.27. The molecule has 0 aliphatic heterocycles. The lowest BCUT2D eigenvalue weighted by molar-refractivity contribution is 0.0955. The van der Waals surface area contributed by atoms with Crippen LogP contribution in [0, 0.1) is 0 Å². The number of nitrogens with zero attached hydrogens (tertiary/aromatic N) is 5. The third-order valence-corrected chi connectivity index (χ3v) is 4.55. The average molecular weight is 387 g/mol. The first-order chi connectivity index (χ1) is 14.2. The molecule has 4 rings (SSSR count). The molecule has 4 aromatic rings. The van der Waals surface area contributed by atoms with Gasteiger partial charge in [-0.15, -0.1) is 0 Å². The van der Waals surface area contributed by atoms with Gasteiger partial charge >= 0.3 is 0 Å². The minimum Gasteiger partial charge on any atom is -0.383 e. The molecule has 8 heteroatoms. The molecule has 0 fully saturated rings. The topological polar surface area (TPSA) is 111 Å². The number of amides is 1. The Morgan fingerprint density at radius 3 is 2.62 bits per heavy atom. The average Bonchev–Trinajstić information content (AvgIpc) is 3.01. The van der Waals surface area contributed by atoms with Crippen LogP contribution in [-0.2, 0) is 0 Å². The van der Waals surface area contributed by atoms with Crippen LogP contribution in [0.2, 0.25) is 0 Å². The molecular formula is C21H21N7O. The molecule has 0 unspecified atom stereocenters. The molecule has 3 heterocycles. The van der Waals surface area contributed by atoms with Gasteiger partial charge in [-0.3, -0.25) is 9.78 Å². The zero-order valence-electron chi connectivity index (χ0n) is 16.0. The van der Waals surface area contributed by atoms with Crippen molar-refractivity contribution in [3.05, 3.63) is 59.9 Å². The number of nitrogens with one attached hydrogen (secondary N) is 1. The largest absolute Gasteiger partial charge is 0.383 e. The van der Waals surface area contributed by atoms with Gasteiger partial charge in [-0.1, -0.05) is 25.5 Å². The number of aromatic nitrogens is 4. The van der Waals surface area contributed by atoms with E-state index in [9.17, 15) is 4.79 Å². The maximum Gasteiger partial charge on any atom is 0.257 e. The van der Waals surface area contributed by atoms with E-state index in [1.165, 1.54) is 4.68 Å². The number of carbonyl (C=O) groups is 1. The lowest BCUT2D eigenvalue weighted by atomic mass is 10.2. The predicted molar refractivity (Wildman–Crippen MR) is 114 cm³/mol. The van der Waals surface area contributed by atoms with E-state index in [0.717, 1.165) is 18.4 Å².